The summed E-state index contributed by atoms with van der Waals surface area (Å²) in [5, 5.41) is 8.90. The zero-order chi connectivity index (χ0) is 22.9. The van der Waals surface area contributed by atoms with Crippen LogP contribution in [0, 0.1) is 23.1 Å². The van der Waals surface area contributed by atoms with Crippen molar-refractivity contribution in [2.24, 2.45) is 5.92 Å². The molecule has 1 aliphatic rings. The van der Waals surface area contributed by atoms with Gasteiger partial charge in [-0.05, 0) is 80.2 Å². The van der Waals surface area contributed by atoms with Gasteiger partial charge >= 0.3 is 11.9 Å². The monoisotopic (exact) mass is 435 g/mol. The predicted molar refractivity (Wildman–Crippen MR) is 118 cm³/mol. The lowest BCUT2D eigenvalue weighted by Crippen LogP contribution is -2.15. The van der Waals surface area contributed by atoms with Crippen LogP contribution in [0.4, 0.5) is 4.39 Å². The van der Waals surface area contributed by atoms with Crippen molar-refractivity contribution >= 4 is 11.9 Å². The van der Waals surface area contributed by atoms with E-state index in [0.717, 1.165) is 38.5 Å². The molecule has 0 atom stereocenters. The van der Waals surface area contributed by atoms with Crippen molar-refractivity contribution in [3.63, 3.8) is 0 Å². The molecule has 2 aromatic rings. The number of halogens is 1. The van der Waals surface area contributed by atoms with E-state index in [2.05, 4.69) is 6.58 Å². The largest absolute Gasteiger partial charge is 0.463 e. The van der Waals surface area contributed by atoms with Gasteiger partial charge in [0.2, 0.25) is 0 Å². The minimum atomic E-state index is -0.837. The number of nitriles is 1. The number of nitrogens with zero attached hydrogens (tertiary/aromatic N) is 1. The lowest BCUT2D eigenvalue weighted by molar-refractivity contribution is -0.137. The van der Waals surface area contributed by atoms with Crippen LogP contribution < -0.4 is 4.74 Å². The summed E-state index contributed by atoms with van der Waals surface area (Å²) in [6.07, 6.45) is 7.49. The molecule has 5 nitrogen and oxygen atoms in total. The van der Waals surface area contributed by atoms with Gasteiger partial charge in [-0.3, -0.25) is 0 Å². The van der Waals surface area contributed by atoms with Crippen molar-refractivity contribution in [1.82, 2.24) is 0 Å². The molecule has 0 spiro atoms. The van der Waals surface area contributed by atoms with Gasteiger partial charge < -0.3 is 9.47 Å². The summed E-state index contributed by atoms with van der Waals surface area (Å²) in [5.41, 5.74) is 1.34. The summed E-state index contributed by atoms with van der Waals surface area (Å²) in [6.45, 7) is 3.82. The van der Waals surface area contributed by atoms with Crippen LogP contribution in [0.1, 0.15) is 65.9 Å². The highest BCUT2D eigenvalue weighted by Crippen LogP contribution is 2.37. The molecule has 0 amide bonds. The Balaban J connectivity index is 1.49. The van der Waals surface area contributed by atoms with Crippen LogP contribution in [0.3, 0.4) is 0 Å². The van der Waals surface area contributed by atoms with Crippen LogP contribution in [-0.2, 0) is 9.53 Å². The fourth-order valence-corrected chi connectivity index (χ4v) is 4.11. The molecule has 3 rings (SSSR count). The van der Waals surface area contributed by atoms with Gasteiger partial charge in [0.15, 0.2) is 11.6 Å². The number of benzene rings is 2. The Morgan fingerprint density at radius 3 is 2.50 bits per heavy atom. The van der Waals surface area contributed by atoms with Gasteiger partial charge in [0.05, 0.1) is 17.7 Å². The average molecular weight is 435 g/mol. The standard InChI is InChI=1S/C26H26FNO4/c1-2-24(29)31-16-4-5-18-8-10-19(11-9-18)20-12-14-21(15-13-20)26(30)32-23-7-3-6-22(17-28)25(23)27/h2-3,6-7,12-15,18-19H,1,4-5,8-11,16H2/t18-,19-. The second kappa shape index (κ2) is 11.2. The fourth-order valence-electron chi connectivity index (χ4n) is 4.11. The summed E-state index contributed by atoms with van der Waals surface area (Å²) in [5.74, 6) is -1.04. The predicted octanol–water partition coefficient (Wildman–Crippen LogP) is 5.70. The molecule has 0 radical (unpaired) electrons. The Morgan fingerprint density at radius 1 is 1.12 bits per heavy atom. The van der Waals surface area contributed by atoms with Gasteiger partial charge in [-0.25, -0.2) is 14.0 Å². The highest BCUT2D eigenvalue weighted by molar-refractivity contribution is 5.91. The first-order chi connectivity index (χ1) is 15.5. The Kier molecular flexibility index (Phi) is 8.15. The zero-order valence-electron chi connectivity index (χ0n) is 17.9. The Morgan fingerprint density at radius 2 is 1.84 bits per heavy atom. The van der Waals surface area contributed by atoms with Crippen LogP contribution in [0.5, 0.6) is 5.75 Å². The molecular weight excluding hydrogens is 409 g/mol. The second-order valence-corrected chi connectivity index (χ2v) is 7.97. The Labute approximate surface area is 187 Å². The van der Waals surface area contributed by atoms with E-state index in [1.807, 2.05) is 12.1 Å². The first-order valence-electron chi connectivity index (χ1n) is 10.8. The minimum Gasteiger partial charge on any atom is -0.463 e. The summed E-state index contributed by atoms with van der Waals surface area (Å²) in [4.78, 5) is 23.4. The van der Waals surface area contributed by atoms with Crippen molar-refractivity contribution < 1.29 is 23.5 Å². The SMILES string of the molecule is C=CC(=O)OCCC[C@H]1CC[C@H](c2ccc(C(=O)Oc3cccc(C#N)c3F)cc2)CC1. The maximum Gasteiger partial charge on any atom is 0.343 e. The van der Waals surface area contributed by atoms with Gasteiger partial charge in [0, 0.05) is 6.08 Å². The van der Waals surface area contributed by atoms with Crippen LogP contribution in [0.2, 0.25) is 0 Å². The summed E-state index contributed by atoms with van der Waals surface area (Å²) in [7, 11) is 0. The number of carbonyl (C=O) groups is 2. The van der Waals surface area contributed by atoms with E-state index in [1.165, 1.54) is 29.8 Å². The third kappa shape index (κ3) is 6.04. The molecule has 0 unspecified atom stereocenters. The van der Waals surface area contributed by atoms with E-state index in [4.69, 9.17) is 14.7 Å². The van der Waals surface area contributed by atoms with E-state index in [9.17, 15) is 14.0 Å². The number of hydrogen-bond acceptors (Lipinski definition) is 5. The molecule has 1 fully saturated rings. The smallest absolute Gasteiger partial charge is 0.343 e. The molecule has 0 N–H and O–H groups in total. The van der Waals surface area contributed by atoms with Crippen LogP contribution >= 0.6 is 0 Å². The molecule has 6 heteroatoms. The molecule has 0 aromatic heterocycles. The number of hydrogen-bond donors (Lipinski definition) is 0. The quantitative estimate of drug-likeness (QED) is 0.230. The first-order valence-corrected chi connectivity index (χ1v) is 10.8. The van der Waals surface area contributed by atoms with Gasteiger partial charge in [0.25, 0.3) is 0 Å². The third-order valence-electron chi connectivity index (χ3n) is 5.92. The third-order valence-corrected chi connectivity index (χ3v) is 5.92. The lowest BCUT2D eigenvalue weighted by atomic mass is 9.77. The molecule has 0 saturated heterocycles. The molecule has 0 aliphatic heterocycles. The van der Waals surface area contributed by atoms with Crippen LogP contribution in [0.25, 0.3) is 0 Å². The van der Waals surface area contributed by atoms with Gasteiger partial charge in [-0.15, -0.1) is 0 Å². The fraction of sp³-hybridized carbons (Fsp3) is 0.346. The number of esters is 2. The van der Waals surface area contributed by atoms with E-state index in [-0.39, 0.29) is 17.3 Å². The summed E-state index contributed by atoms with van der Waals surface area (Å²) in [6, 6.07) is 13.1. The van der Waals surface area contributed by atoms with E-state index < -0.39 is 11.8 Å². The molecular formula is C26H26FNO4. The molecule has 1 aliphatic carbocycles. The van der Waals surface area contributed by atoms with Crippen molar-refractivity contribution in [3.05, 3.63) is 77.6 Å². The van der Waals surface area contributed by atoms with Crippen molar-refractivity contribution in [1.29, 1.82) is 5.26 Å². The summed E-state index contributed by atoms with van der Waals surface area (Å²) >= 11 is 0. The first kappa shape index (κ1) is 23.2. The minimum absolute atomic E-state index is 0.168. The normalized spacial score (nSPS) is 17.8. The van der Waals surface area contributed by atoms with Crippen molar-refractivity contribution in [2.75, 3.05) is 6.61 Å². The van der Waals surface area contributed by atoms with Crippen LogP contribution in [-0.4, -0.2) is 18.5 Å². The molecule has 166 valence electrons. The molecule has 32 heavy (non-hydrogen) atoms. The maximum atomic E-state index is 14.1. The average Bonchev–Trinajstić information content (AvgIpc) is 2.83. The molecule has 0 bridgehead atoms. The number of carbonyl (C=O) groups excluding carboxylic acids is 2. The van der Waals surface area contributed by atoms with Gasteiger partial charge in [-0.1, -0.05) is 24.8 Å². The van der Waals surface area contributed by atoms with E-state index in [1.54, 1.807) is 18.2 Å². The Hall–Kier alpha value is -3.46. The summed E-state index contributed by atoms with van der Waals surface area (Å²) < 4.78 is 24.3. The van der Waals surface area contributed by atoms with Gasteiger partial charge in [-0.2, -0.15) is 5.26 Å². The van der Waals surface area contributed by atoms with Crippen molar-refractivity contribution in [2.45, 2.75) is 44.4 Å². The second-order valence-electron chi connectivity index (χ2n) is 7.97. The number of ether oxygens (including phenoxy) is 2. The molecule has 2 aromatic carbocycles. The van der Waals surface area contributed by atoms with Gasteiger partial charge in [0.1, 0.15) is 6.07 Å². The molecule has 0 heterocycles. The highest BCUT2D eigenvalue weighted by atomic mass is 19.1. The molecule has 1 saturated carbocycles. The zero-order valence-corrected chi connectivity index (χ0v) is 17.9. The lowest BCUT2D eigenvalue weighted by Gasteiger charge is -2.29. The number of rotatable bonds is 8. The van der Waals surface area contributed by atoms with E-state index in [0.29, 0.717) is 24.0 Å². The van der Waals surface area contributed by atoms with E-state index >= 15 is 0 Å². The van der Waals surface area contributed by atoms with Crippen molar-refractivity contribution in [3.8, 4) is 11.8 Å². The topological polar surface area (TPSA) is 76.4 Å². The highest BCUT2D eigenvalue weighted by Gasteiger charge is 2.23. The Bertz CT molecular complexity index is 1000. The van der Waals surface area contributed by atoms with Crippen LogP contribution in [0.15, 0.2) is 55.1 Å². The maximum absolute atomic E-state index is 14.1.